The third-order valence-electron chi connectivity index (χ3n) is 5.63. The largest absolute Gasteiger partial charge is 0.463 e. The number of aliphatic hydroxyl groups is 3. The highest BCUT2D eigenvalue weighted by atomic mass is 16.6. The molecule has 0 bridgehead atoms. The summed E-state index contributed by atoms with van der Waals surface area (Å²) in [5, 5.41) is 29.0. The first kappa shape index (κ1) is 27.1. The molecule has 1 unspecified atom stereocenters. The molecule has 0 aromatic rings. The van der Waals surface area contributed by atoms with Gasteiger partial charge in [-0.25, -0.2) is 0 Å². The van der Waals surface area contributed by atoms with Crippen molar-refractivity contribution in [2.75, 3.05) is 13.2 Å². The van der Waals surface area contributed by atoms with E-state index in [0.29, 0.717) is 6.42 Å². The number of hydrogen-bond donors (Lipinski definition) is 3. The van der Waals surface area contributed by atoms with Gasteiger partial charge in [-0.2, -0.15) is 0 Å². The lowest BCUT2D eigenvalue weighted by Gasteiger charge is -2.20. The lowest BCUT2D eigenvalue weighted by Crippen LogP contribution is -2.41. The third-order valence-corrected chi connectivity index (χ3v) is 5.63. The van der Waals surface area contributed by atoms with Gasteiger partial charge in [0.05, 0.1) is 6.61 Å². The molecule has 1 aliphatic heterocycles. The molecule has 30 heavy (non-hydrogen) atoms. The molecule has 0 aromatic carbocycles. The van der Waals surface area contributed by atoms with Gasteiger partial charge in [0.2, 0.25) is 0 Å². The van der Waals surface area contributed by atoms with E-state index in [1.807, 2.05) is 0 Å². The third kappa shape index (κ3) is 12.7. The summed E-state index contributed by atoms with van der Waals surface area (Å²) in [6.07, 6.45) is 16.5. The van der Waals surface area contributed by atoms with Crippen LogP contribution in [0.5, 0.6) is 0 Å². The summed E-state index contributed by atoms with van der Waals surface area (Å²) in [5.74, 6) is -0.347. The number of unbranched alkanes of at least 4 members (excludes halogenated alkanes) is 11. The first-order valence-electron chi connectivity index (χ1n) is 12.0. The fraction of sp³-hybridized carbons (Fsp3) is 0.875. The van der Waals surface area contributed by atoms with Gasteiger partial charge in [0.25, 0.3) is 0 Å². The van der Waals surface area contributed by atoms with Crippen LogP contribution in [0.25, 0.3) is 0 Å². The second kappa shape index (κ2) is 17.7. The van der Waals surface area contributed by atoms with Crippen molar-refractivity contribution in [3.05, 3.63) is 12.2 Å². The van der Waals surface area contributed by atoms with E-state index in [2.05, 4.69) is 19.1 Å². The van der Waals surface area contributed by atoms with E-state index < -0.39 is 24.4 Å². The minimum Gasteiger partial charge on any atom is -0.463 e. The molecule has 1 fully saturated rings. The zero-order chi connectivity index (χ0) is 22.0. The van der Waals surface area contributed by atoms with Crippen molar-refractivity contribution in [3.63, 3.8) is 0 Å². The minimum absolute atomic E-state index is 0.0221. The summed E-state index contributed by atoms with van der Waals surface area (Å²) < 4.78 is 10.2. The lowest BCUT2D eigenvalue weighted by atomic mass is 10.1. The summed E-state index contributed by atoms with van der Waals surface area (Å²) in [6.45, 7) is 2.00. The number of carbonyl (C=O) groups excluding carboxylic acids is 1. The molecule has 0 spiro atoms. The Balaban J connectivity index is 1.87. The Morgan fingerprint density at radius 2 is 1.53 bits per heavy atom. The summed E-state index contributed by atoms with van der Waals surface area (Å²) in [7, 11) is 0. The Labute approximate surface area is 182 Å². The molecule has 0 radical (unpaired) electrons. The normalized spacial score (nSPS) is 22.6. The maximum Gasteiger partial charge on any atom is 0.305 e. The highest BCUT2D eigenvalue weighted by Gasteiger charge is 2.39. The van der Waals surface area contributed by atoms with Gasteiger partial charge in [0.1, 0.15) is 31.0 Å². The minimum atomic E-state index is -1.15. The van der Waals surface area contributed by atoms with Crippen LogP contribution in [0.2, 0.25) is 0 Å². The molecule has 6 heteroatoms. The van der Waals surface area contributed by atoms with E-state index in [-0.39, 0.29) is 19.2 Å². The van der Waals surface area contributed by atoms with Gasteiger partial charge >= 0.3 is 5.97 Å². The molecule has 3 N–H and O–H groups in total. The molecule has 1 saturated heterocycles. The van der Waals surface area contributed by atoms with Gasteiger partial charge in [-0.1, -0.05) is 70.4 Å². The first-order valence-corrected chi connectivity index (χ1v) is 12.0. The molecule has 1 aliphatic rings. The predicted molar refractivity (Wildman–Crippen MR) is 118 cm³/mol. The molecular formula is C24H44O6. The van der Waals surface area contributed by atoms with Gasteiger partial charge in [0.15, 0.2) is 0 Å². The lowest BCUT2D eigenvalue weighted by molar-refractivity contribution is -0.151. The standard InChI is InChI=1S/C24H44O6/c1-2-3-4-5-6-7-8-9-10-11-12-13-14-15-16-17-22(27)29-19-21(26)24-23(28)20(25)18-30-24/h9-10,20-21,23-26,28H,2-8,11-19H2,1H3/b10-9-/t20-,21?,23+,24-/m1/s1. The van der Waals surface area contributed by atoms with Crippen molar-refractivity contribution in [2.45, 2.75) is 121 Å². The summed E-state index contributed by atoms with van der Waals surface area (Å²) in [6, 6.07) is 0. The average Bonchev–Trinajstić information content (AvgIpc) is 3.07. The van der Waals surface area contributed by atoms with E-state index in [1.165, 1.54) is 57.8 Å². The highest BCUT2D eigenvalue weighted by Crippen LogP contribution is 2.18. The van der Waals surface area contributed by atoms with Crippen molar-refractivity contribution >= 4 is 5.97 Å². The van der Waals surface area contributed by atoms with E-state index in [0.717, 1.165) is 25.7 Å². The van der Waals surface area contributed by atoms with Gasteiger partial charge < -0.3 is 24.8 Å². The summed E-state index contributed by atoms with van der Waals surface area (Å²) in [4.78, 5) is 11.7. The fourth-order valence-corrected chi connectivity index (χ4v) is 3.65. The van der Waals surface area contributed by atoms with Crippen LogP contribution in [0.4, 0.5) is 0 Å². The number of hydrogen-bond acceptors (Lipinski definition) is 6. The molecule has 0 aromatic heterocycles. The van der Waals surface area contributed by atoms with Crippen LogP contribution in [0.1, 0.15) is 96.8 Å². The van der Waals surface area contributed by atoms with Crippen LogP contribution in [0, 0.1) is 0 Å². The number of carbonyl (C=O) groups is 1. The zero-order valence-electron chi connectivity index (χ0n) is 18.8. The first-order chi connectivity index (χ1) is 14.6. The van der Waals surface area contributed by atoms with E-state index in [4.69, 9.17) is 9.47 Å². The average molecular weight is 429 g/mol. The van der Waals surface area contributed by atoms with E-state index >= 15 is 0 Å². The van der Waals surface area contributed by atoms with Crippen LogP contribution in [-0.4, -0.2) is 58.9 Å². The summed E-state index contributed by atoms with van der Waals surface area (Å²) in [5.41, 5.74) is 0. The molecule has 176 valence electrons. The molecule has 6 nitrogen and oxygen atoms in total. The molecule has 4 atom stereocenters. The maximum absolute atomic E-state index is 11.7. The van der Waals surface area contributed by atoms with Crippen molar-refractivity contribution in [2.24, 2.45) is 0 Å². The zero-order valence-corrected chi connectivity index (χ0v) is 18.8. The Bertz CT molecular complexity index is 453. The molecule has 0 saturated carbocycles. The van der Waals surface area contributed by atoms with Crippen LogP contribution < -0.4 is 0 Å². The second-order valence-corrected chi connectivity index (χ2v) is 8.44. The monoisotopic (exact) mass is 428 g/mol. The van der Waals surface area contributed by atoms with Crippen LogP contribution in [-0.2, 0) is 14.3 Å². The number of allylic oxidation sites excluding steroid dienone is 2. The van der Waals surface area contributed by atoms with E-state index in [9.17, 15) is 20.1 Å². The Morgan fingerprint density at radius 3 is 2.10 bits per heavy atom. The van der Waals surface area contributed by atoms with Crippen molar-refractivity contribution in [1.82, 2.24) is 0 Å². The smallest absolute Gasteiger partial charge is 0.305 e. The quantitative estimate of drug-likeness (QED) is 0.173. The van der Waals surface area contributed by atoms with Gasteiger partial charge in [-0.3, -0.25) is 4.79 Å². The van der Waals surface area contributed by atoms with Gasteiger partial charge in [-0.15, -0.1) is 0 Å². The van der Waals surface area contributed by atoms with Crippen LogP contribution in [0.3, 0.4) is 0 Å². The Hall–Kier alpha value is -0.950. The fourth-order valence-electron chi connectivity index (χ4n) is 3.65. The summed E-state index contributed by atoms with van der Waals surface area (Å²) >= 11 is 0. The van der Waals surface area contributed by atoms with Crippen LogP contribution >= 0.6 is 0 Å². The van der Waals surface area contributed by atoms with Gasteiger partial charge in [0, 0.05) is 6.42 Å². The van der Waals surface area contributed by atoms with Crippen molar-refractivity contribution in [1.29, 1.82) is 0 Å². The highest BCUT2D eigenvalue weighted by molar-refractivity contribution is 5.69. The Kier molecular flexibility index (Phi) is 16.0. The SMILES string of the molecule is CCCCCCCC/C=C\CCCCCCCC(=O)OCC(O)[C@H]1OC[C@@H](O)[C@@H]1O. The van der Waals surface area contributed by atoms with Crippen molar-refractivity contribution in [3.8, 4) is 0 Å². The number of esters is 1. The number of ether oxygens (including phenoxy) is 2. The van der Waals surface area contributed by atoms with Crippen molar-refractivity contribution < 1.29 is 29.6 Å². The molecule has 0 aliphatic carbocycles. The second-order valence-electron chi connectivity index (χ2n) is 8.44. The predicted octanol–water partition coefficient (Wildman–Crippen LogP) is 4.05. The molecule has 1 rings (SSSR count). The maximum atomic E-state index is 11.7. The van der Waals surface area contributed by atoms with E-state index in [1.54, 1.807) is 0 Å². The number of aliphatic hydroxyl groups excluding tert-OH is 3. The van der Waals surface area contributed by atoms with Crippen LogP contribution in [0.15, 0.2) is 12.2 Å². The molecular weight excluding hydrogens is 384 g/mol. The molecule has 1 heterocycles. The number of rotatable bonds is 18. The topological polar surface area (TPSA) is 96.2 Å². The molecule has 0 amide bonds. The van der Waals surface area contributed by atoms with Gasteiger partial charge in [-0.05, 0) is 32.1 Å². The Morgan fingerprint density at radius 1 is 0.967 bits per heavy atom.